The minimum absolute atomic E-state index is 0.114. The molecule has 1 amide bonds. The third-order valence-corrected chi connectivity index (χ3v) is 5.19. The summed E-state index contributed by atoms with van der Waals surface area (Å²) in [6, 6.07) is 17.2. The largest absolute Gasteiger partial charge is 0.453 e. The third-order valence-electron chi connectivity index (χ3n) is 5.19. The van der Waals surface area contributed by atoms with Gasteiger partial charge in [-0.2, -0.15) is 18.2 Å². The summed E-state index contributed by atoms with van der Waals surface area (Å²) in [5.41, 5.74) is 4.25. The average molecular weight is 439 g/mol. The highest BCUT2D eigenvalue weighted by Crippen LogP contribution is 2.29. The monoisotopic (exact) mass is 439 g/mol. The highest BCUT2D eigenvalue weighted by Gasteiger charge is 2.37. The Bertz CT molecular complexity index is 1280. The standard InChI is InChI=1S/C23H20F3N5O/c1-14-17(15(2)31-22(27-14)29-21(30-31)23(24,25)26)12-13-20(32)28-19-11-7-6-10-18(19)16-8-4-3-5-9-16/h3-11H,12-13H2,1-2H3,(H,28,32). The van der Waals surface area contributed by atoms with Gasteiger partial charge in [-0.3, -0.25) is 4.79 Å². The number of carbonyl (C=O) groups excluding carboxylic acids is 1. The number of nitrogens with one attached hydrogen (secondary N) is 1. The summed E-state index contributed by atoms with van der Waals surface area (Å²) in [6.07, 6.45) is -4.21. The van der Waals surface area contributed by atoms with Gasteiger partial charge in [-0.15, -0.1) is 5.10 Å². The molecule has 2 aromatic heterocycles. The molecule has 0 bridgehead atoms. The van der Waals surface area contributed by atoms with E-state index in [1.807, 2.05) is 54.6 Å². The molecule has 0 spiro atoms. The predicted molar refractivity (Wildman–Crippen MR) is 114 cm³/mol. The molecule has 1 N–H and O–H groups in total. The average Bonchev–Trinajstić information content (AvgIpc) is 3.19. The number of benzene rings is 2. The van der Waals surface area contributed by atoms with Gasteiger partial charge in [-0.05, 0) is 37.5 Å². The first-order chi connectivity index (χ1) is 15.2. The van der Waals surface area contributed by atoms with Gasteiger partial charge in [0.2, 0.25) is 5.91 Å². The van der Waals surface area contributed by atoms with Gasteiger partial charge < -0.3 is 5.32 Å². The van der Waals surface area contributed by atoms with Gasteiger partial charge in [0.1, 0.15) is 0 Å². The number of aromatic nitrogens is 4. The number of rotatable bonds is 5. The first kappa shape index (κ1) is 21.5. The second-order valence-corrected chi connectivity index (χ2v) is 7.37. The van der Waals surface area contributed by atoms with Crippen LogP contribution >= 0.6 is 0 Å². The summed E-state index contributed by atoms with van der Waals surface area (Å²) < 4.78 is 39.9. The SMILES string of the molecule is Cc1nc2nc(C(F)(F)F)nn2c(C)c1CCC(=O)Nc1ccccc1-c1ccccc1. The summed E-state index contributed by atoms with van der Waals surface area (Å²) in [5, 5.41) is 6.48. The van der Waals surface area contributed by atoms with Crippen molar-refractivity contribution in [3.8, 4) is 11.1 Å². The molecule has 0 aliphatic heterocycles. The van der Waals surface area contributed by atoms with Crippen LogP contribution in [0.3, 0.4) is 0 Å². The second-order valence-electron chi connectivity index (χ2n) is 7.37. The molecule has 4 rings (SSSR count). The number of fused-ring (bicyclic) bond motifs is 1. The number of nitrogens with zero attached hydrogens (tertiary/aromatic N) is 4. The molecule has 0 saturated carbocycles. The Labute approximate surface area is 182 Å². The molecule has 6 nitrogen and oxygen atoms in total. The number of halogens is 3. The maximum absolute atomic E-state index is 13.0. The lowest BCUT2D eigenvalue weighted by atomic mass is 10.0. The maximum atomic E-state index is 13.0. The molecule has 164 valence electrons. The molecule has 2 aromatic carbocycles. The minimum atomic E-state index is -4.65. The molecule has 32 heavy (non-hydrogen) atoms. The van der Waals surface area contributed by atoms with Crippen LogP contribution in [0.25, 0.3) is 16.9 Å². The highest BCUT2D eigenvalue weighted by molar-refractivity contribution is 5.95. The first-order valence-corrected chi connectivity index (χ1v) is 9.98. The van der Waals surface area contributed by atoms with E-state index in [1.54, 1.807) is 13.8 Å². The van der Waals surface area contributed by atoms with Gasteiger partial charge in [-0.1, -0.05) is 48.5 Å². The number of anilines is 1. The molecule has 0 unspecified atom stereocenters. The van der Waals surface area contributed by atoms with Crippen molar-refractivity contribution in [3.63, 3.8) is 0 Å². The summed E-state index contributed by atoms with van der Waals surface area (Å²) in [4.78, 5) is 20.3. The van der Waals surface area contributed by atoms with E-state index < -0.39 is 12.0 Å². The van der Waals surface area contributed by atoms with Gasteiger partial charge in [0.25, 0.3) is 11.6 Å². The number of aryl methyl sites for hydroxylation is 2. The Balaban J connectivity index is 1.53. The van der Waals surface area contributed by atoms with Gasteiger partial charge in [0.05, 0.1) is 0 Å². The first-order valence-electron chi connectivity index (χ1n) is 9.98. The van der Waals surface area contributed by atoms with E-state index in [0.29, 0.717) is 29.1 Å². The summed E-state index contributed by atoms with van der Waals surface area (Å²) in [6.45, 7) is 3.33. The smallest absolute Gasteiger partial charge is 0.326 e. The van der Waals surface area contributed by atoms with Gasteiger partial charge >= 0.3 is 6.18 Å². The molecule has 0 radical (unpaired) electrons. The van der Waals surface area contributed by atoms with Crippen molar-refractivity contribution in [3.05, 3.63) is 77.4 Å². The van der Waals surface area contributed by atoms with E-state index in [1.165, 1.54) is 0 Å². The number of amides is 1. The summed E-state index contributed by atoms with van der Waals surface area (Å²) in [7, 11) is 0. The van der Waals surface area contributed by atoms with Crippen molar-refractivity contribution in [1.82, 2.24) is 19.6 Å². The normalized spacial score (nSPS) is 11.7. The zero-order valence-electron chi connectivity index (χ0n) is 17.4. The topological polar surface area (TPSA) is 72.2 Å². The van der Waals surface area contributed by atoms with Crippen LogP contribution in [-0.2, 0) is 17.4 Å². The molecule has 4 aromatic rings. The molecule has 0 aliphatic rings. The Morgan fingerprint density at radius 3 is 2.41 bits per heavy atom. The lowest BCUT2D eigenvalue weighted by molar-refractivity contribution is -0.144. The fraction of sp³-hybridized carbons (Fsp3) is 0.217. The molecule has 0 atom stereocenters. The number of hydrogen-bond donors (Lipinski definition) is 1. The van der Waals surface area contributed by atoms with Crippen molar-refractivity contribution in [2.24, 2.45) is 0 Å². The minimum Gasteiger partial charge on any atom is -0.326 e. The Hall–Kier alpha value is -3.75. The molecule has 0 aliphatic carbocycles. The predicted octanol–water partition coefficient (Wildman–Crippen LogP) is 5.00. The Morgan fingerprint density at radius 1 is 1.00 bits per heavy atom. The van der Waals surface area contributed by atoms with Gasteiger partial charge in [0.15, 0.2) is 0 Å². The lowest BCUT2D eigenvalue weighted by Crippen LogP contribution is -2.15. The van der Waals surface area contributed by atoms with Crippen molar-refractivity contribution < 1.29 is 18.0 Å². The number of hydrogen-bond acceptors (Lipinski definition) is 4. The fourth-order valence-electron chi connectivity index (χ4n) is 3.60. The highest BCUT2D eigenvalue weighted by atomic mass is 19.4. The zero-order valence-corrected chi connectivity index (χ0v) is 17.4. The summed E-state index contributed by atoms with van der Waals surface area (Å²) >= 11 is 0. The van der Waals surface area contributed by atoms with Crippen LogP contribution in [0.5, 0.6) is 0 Å². The lowest BCUT2D eigenvalue weighted by Gasteiger charge is -2.13. The van der Waals surface area contributed by atoms with Gasteiger partial charge in [-0.25, -0.2) is 9.50 Å². The van der Waals surface area contributed by atoms with E-state index in [0.717, 1.165) is 15.6 Å². The van der Waals surface area contributed by atoms with Crippen LogP contribution < -0.4 is 5.32 Å². The van der Waals surface area contributed by atoms with E-state index >= 15 is 0 Å². The van der Waals surface area contributed by atoms with E-state index in [-0.39, 0.29) is 18.1 Å². The van der Waals surface area contributed by atoms with Crippen LogP contribution in [0.4, 0.5) is 18.9 Å². The van der Waals surface area contributed by atoms with Crippen LogP contribution in [0, 0.1) is 13.8 Å². The van der Waals surface area contributed by atoms with Crippen molar-refractivity contribution in [2.75, 3.05) is 5.32 Å². The van der Waals surface area contributed by atoms with Crippen LogP contribution in [0.2, 0.25) is 0 Å². The van der Waals surface area contributed by atoms with Crippen molar-refractivity contribution >= 4 is 17.4 Å². The van der Waals surface area contributed by atoms with Crippen molar-refractivity contribution in [1.29, 1.82) is 0 Å². The second kappa shape index (κ2) is 8.41. The van der Waals surface area contributed by atoms with Crippen LogP contribution in [0.1, 0.15) is 29.2 Å². The quantitative estimate of drug-likeness (QED) is 0.475. The van der Waals surface area contributed by atoms with Crippen LogP contribution in [0.15, 0.2) is 54.6 Å². The van der Waals surface area contributed by atoms with E-state index in [4.69, 9.17) is 0 Å². The Kier molecular flexibility index (Phi) is 5.65. The molecular weight excluding hydrogens is 419 g/mol. The van der Waals surface area contributed by atoms with E-state index in [2.05, 4.69) is 20.4 Å². The molecule has 0 saturated heterocycles. The molecule has 2 heterocycles. The number of alkyl halides is 3. The molecule has 0 fully saturated rings. The summed E-state index contributed by atoms with van der Waals surface area (Å²) in [5.74, 6) is -1.56. The zero-order chi connectivity index (χ0) is 22.9. The maximum Gasteiger partial charge on any atom is 0.453 e. The van der Waals surface area contributed by atoms with Gasteiger partial charge in [0, 0.05) is 29.1 Å². The van der Waals surface area contributed by atoms with Crippen molar-refractivity contribution in [2.45, 2.75) is 32.9 Å². The van der Waals surface area contributed by atoms with E-state index in [9.17, 15) is 18.0 Å². The third kappa shape index (κ3) is 4.32. The fourth-order valence-corrected chi connectivity index (χ4v) is 3.60. The number of para-hydroxylation sites is 1. The Morgan fingerprint density at radius 2 is 1.69 bits per heavy atom. The molecule has 9 heteroatoms. The number of carbonyl (C=O) groups is 1. The molecular formula is C23H20F3N5O. The van der Waals surface area contributed by atoms with Crippen LogP contribution in [-0.4, -0.2) is 25.5 Å².